The second-order valence-electron chi connectivity index (χ2n) is 6.53. The number of pyridine rings is 1. The summed E-state index contributed by atoms with van der Waals surface area (Å²) in [4.78, 5) is 6.97. The van der Waals surface area contributed by atoms with Crippen LogP contribution >= 0.6 is 0 Å². The summed E-state index contributed by atoms with van der Waals surface area (Å²) >= 11 is 0. The molecule has 3 heteroatoms. The molecule has 1 aromatic heterocycles. The van der Waals surface area contributed by atoms with E-state index in [-0.39, 0.29) is 5.54 Å². The van der Waals surface area contributed by atoms with Gasteiger partial charge >= 0.3 is 0 Å². The smallest absolute Gasteiger partial charge is 0.0559 e. The third-order valence-electron chi connectivity index (χ3n) is 4.87. The molecule has 1 unspecified atom stereocenters. The first-order chi connectivity index (χ1) is 9.51. The average molecular weight is 275 g/mol. The van der Waals surface area contributed by atoms with E-state index in [9.17, 15) is 0 Å². The molecule has 1 atom stereocenters. The van der Waals surface area contributed by atoms with Gasteiger partial charge in [0, 0.05) is 30.9 Å². The van der Waals surface area contributed by atoms with E-state index < -0.39 is 0 Å². The van der Waals surface area contributed by atoms with Gasteiger partial charge in [0.1, 0.15) is 0 Å². The number of hydrogen-bond acceptors (Lipinski definition) is 3. The molecule has 1 saturated heterocycles. The summed E-state index contributed by atoms with van der Waals surface area (Å²) in [5.41, 5.74) is 2.76. The highest BCUT2D eigenvalue weighted by Gasteiger charge is 2.37. The van der Waals surface area contributed by atoms with Crippen molar-refractivity contribution in [2.45, 2.75) is 59.0 Å². The molecule has 1 aromatic rings. The van der Waals surface area contributed by atoms with Crippen molar-refractivity contribution >= 4 is 5.69 Å². The number of aromatic nitrogens is 1. The van der Waals surface area contributed by atoms with Crippen molar-refractivity contribution in [3.05, 3.63) is 24.0 Å². The summed E-state index contributed by atoms with van der Waals surface area (Å²) in [6, 6.07) is 2.81. The van der Waals surface area contributed by atoms with Crippen LogP contribution in [0.25, 0.3) is 0 Å². The lowest BCUT2D eigenvalue weighted by molar-refractivity contribution is 0.227. The fourth-order valence-electron chi connectivity index (χ4n) is 3.23. The predicted molar refractivity (Wildman–Crippen MR) is 86.3 cm³/mol. The third-order valence-corrected chi connectivity index (χ3v) is 4.87. The minimum atomic E-state index is 0.245. The SMILES string of the molecule is CCC1(CC)CN(c2cncc(C)c2)C(C(C)C)CN1. The highest BCUT2D eigenvalue weighted by atomic mass is 15.3. The number of nitrogens with zero attached hydrogens (tertiary/aromatic N) is 2. The van der Waals surface area contributed by atoms with E-state index >= 15 is 0 Å². The second-order valence-corrected chi connectivity index (χ2v) is 6.53. The fourth-order valence-corrected chi connectivity index (χ4v) is 3.23. The van der Waals surface area contributed by atoms with Crippen LogP contribution in [0, 0.1) is 12.8 Å². The molecule has 20 heavy (non-hydrogen) atoms. The molecule has 3 nitrogen and oxygen atoms in total. The third kappa shape index (κ3) is 2.98. The molecule has 112 valence electrons. The number of piperazine rings is 1. The molecule has 0 aromatic carbocycles. The Kier molecular flexibility index (Phi) is 4.69. The normalized spacial score (nSPS) is 22.3. The monoisotopic (exact) mass is 275 g/mol. The van der Waals surface area contributed by atoms with E-state index in [1.807, 2.05) is 12.4 Å². The summed E-state index contributed by atoms with van der Waals surface area (Å²) in [5, 5.41) is 3.82. The number of aryl methyl sites for hydroxylation is 1. The lowest BCUT2D eigenvalue weighted by atomic mass is 9.86. The van der Waals surface area contributed by atoms with E-state index in [1.54, 1.807) is 0 Å². The van der Waals surface area contributed by atoms with Crippen LogP contribution in [-0.2, 0) is 0 Å². The van der Waals surface area contributed by atoms with Crippen LogP contribution in [0.15, 0.2) is 18.5 Å². The number of anilines is 1. The van der Waals surface area contributed by atoms with Gasteiger partial charge in [0.25, 0.3) is 0 Å². The molecular weight excluding hydrogens is 246 g/mol. The molecule has 1 aliphatic heterocycles. The van der Waals surface area contributed by atoms with Gasteiger partial charge in [-0.15, -0.1) is 0 Å². The van der Waals surface area contributed by atoms with Gasteiger partial charge in [0.2, 0.25) is 0 Å². The molecule has 0 amide bonds. The highest BCUT2D eigenvalue weighted by molar-refractivity contribution is 5.48. The summed E-state index contributed by atoms with van der Waals surface area (Å²) in [7, 11) is 0. The molecule has 1 N–H and O–H groups in total. The van der Waals surface area contributed by atoms with E-state index in [0.717, 1.165) is 13.1 Å². The minimum Gasteiger partial charge on any atom is -0.364 e. The quantitative estimate of drug-likeness (QED) is 0.913. The minimum absolute atomic E-state index is 0.245. The van der Waals surface area contributed by atoms with Crippen LogP contribution < -0.4 is 10.2 Å². The zero-order chi connectivity index (χ0) is 14.8. The van der Waals surface area contributed by atoms with Gasteiger partial charge < -0.3 is 10.2 Å². The standard InChI is InChI=1S/C17H29N3/c1-6-17(7-2)12-20(16(11-19-17)13(3)4)15-8-14(5)9-18-10-15/h8-10,13,16,19H,6-7,11-12H2,1-5H3. The Labute approximate surface area is 123 Å². The average Bonchev–Trinajstić information content (AvgIpc) is 2.46. The van der Waals surface area contributed by atoms with Crippen molar-refractivity contribution in [3.63, 3.8) is 0 Å². The molecule has 0 saturated carbocycles. The number of hydrogen-bond donors (Lipinski definition) is 1. The van der Waals surface area contributed by atoms with Crippen molar-refractivity contribution in [2.24, 2.45) is 5.92 Å². The lowest BCUT2D eigenvalue weighted by Gasteiger charge is -2.50. The zero-order valence-electron chi connectivity index (χ0n) is 13.6. The molecule has 0 bridgehead atoms. The van der Waals surface area contributed by atoms with Gasteiger partial charge in [-0.3, -0.25) is 4.98 Å². The molecule has 2 heterocycles. The maximum Gasteiger partial charge on any atom is 0.0559 e. The van der Waals surface area contributed by atoms with Gasteiger partial charge in [0.15, 0.2) is 0 Å². The van der Waals surface area contributed by atoms with E-state index in [1.165, 1.54) is 24.1 Å². The summed E-state index contributed by atoms with van der Waals surface area (Å²) in [6.07, 6.45) is 6.29. The number of rotatable bonds is 4. The van der Waals surface area contributed by atoms with Gasteiger partial charge in [-0.05, 0) is 37.3 Å². The summed E-state index contributed by atoms with van der Waals surface area (Å²) < 4.78 is 0. The zero-order valence-corrected chi connectivity index (χ0v) is 13.6. The first-order valence-corrected chi connectivity index (χ1v) is 7.94. The van der Waals surface area contributed by atoms with Crippen molar-refractivity contribution in [3.8, 4) is 0 Å². The molecular formula is C17H29N3. The lowest BCUT2D eigenvalue weighted by Crippen LogP contribution is -2.65. The van der Waals surface area contributed by atoms with E-state index in [2.05, 4.69) is 55.9 Å². The largest absolute Gasteiger partial charge is 0.364 e. The van der Waals surface area contributed by atoms with Crippen molar-refractivity contribution in [2.75, 3.05) is 18.0 Å². The van der Waals surface area contributed by atoms with E-state index in [4.69, 9.17) is 0 Å². The van der Waals surface area contributed by atoms with Crippen molar-refractivity contribution < 1.29 is 0 Å². The van der Waals surface area contributed by atoms with Gasteiger partial charge in [-0.1, -0.05) is 27.7 Å². The Hall–Kier alpha value is -1.09. The Morgan fingerprint density at radius 2 is 2.05 bits per heavy atom. The first kappa shape index (κ1) is 15.3. The summed E-state index contributed by atoms with van der Waals surface area (Å²) in [6.45, 7) is 13.5. The Balaban J connectivity index is 2.32. The highest BCUT2D eigenvalue weighted by Crippen LogP contribution is 2.30. The van der Waals surface area contributed by atoms with E-state index in [0.29, 0.717) is 12.0 Å². The molecule has 0 radical (unpaired) electrons. The van der Waals surface area contributed by atoms with Crippen LogP contribution in [-0.4, -0.2) is 29.7 Å². The maximum atomic E-state index is 4.39. The Bertz CT molecular complexity index is 438. The maximum absolute atomic E-state index is 4.39. The van der Waals surface area contributed by atoms with Crippen LogP contribution in [0.4, 0.5) is 5.69 Å². The van der Waals surface area contributed by atoms with Crippen LogP contribution in [0.2, 0.25) is 0 Å². The van der Waals surface area contributed by atoms with Gasteiger partial charge in [-0.2, -0.15) is 0 Å². The van der Waals surface area contributed by atoms with Crippen LogP contribution in [0.3, 0.4) is 0 Å². The molecule has 1 fully saturated rings. The Morgan fingerprint density at radius 3 is 2.60 bits per heavy atom. The topological polar surface area (TPSA) is 28.2 Å². The van der Waals surface area contributed by atoms with Gasteiger partial charge in [-0.25, -0.2) is 0 Å². The summed E-state index contributed by atoms with van der Waals surface area (Å²) in [5.74, 6) is 0.634. The van der Waals surface area contributed by atoms with Crippen molar-refractivity contribution in [1.82, 2.24) is 10.3 Å². The van der Waals surface area contributed by atoms with Crippen LogP contribution in [0.1, 0.15) is 46.1 Å². The molecule has 2 rings (SSSR count). The fraction of sp³-hybridized carbons (Fsp3) is 0.706. The molecule has 0 aliphatic carbocycles. The Morgan fingerprint density at radius 1 is 1.35 bits per heavy atom. The second kappa shape index (κ2) is 6.13. The van der Waals surface area contributed by atoms with Crippen molar-refractivity contribution in [1.29, 1.82) is 0 Å². The molecule has 1 aliphatic rings. The first-order valence-electron chi connectivity index (χ1n) is 7.94. The molecule has 0 spiro atoms. The predicted octanol–water partition coefficient (Wildman–Crippen LogP) is 3.38. The van der Waals surface area contributed by atoms with Gasteiger partial charge in [0.05, 0.1) is 11.9 Å². The number of nitrogens with one attached hydrogen (secondary N) is 1. The van der Waals surface area contributed by atoms with Crippen LogP contribution in [0.5, 0.6) is 0 Å².